The number of para-hydroxylation sites is 1. The summed E-state index contributed by atoms with van der Waals surface area (Å²) in [6.45, 7) is 3.73. The molecule has 1 heterocycles. The molecule has 1 amide bonds. The van der Waals surface area contributed by atoms with Crippen LogP contribution in [0.3, 0.4) is 0 Å². The molecule has 1 aromatic carbocycles. The molecule has 0 aliphatic heterocycles. The van der Waals surface area contributed by atoms with Gasteiger partial charge in [0.05, 0.1) is 17.5 Å². The second kappa shape index (κ2) is 9.05. The van der Waals surface area contributed by atoms with Gasteiger partial charge in [0.2, 0.25) is 11.1 Å². The van der Waals surface area contributed by atoms with Crippen LogP contribution in [0.5, 0.6) is 0 Å². The number of anilines is 1. The predicted octanol–water partition coefficient (Wildman–Crippen LogP) is 3.80. The first-order valence-electron chi connectivity index (χ1n) is 8.31. The van der Waals surface area contributed by atoms with Crippen molar-refractivity contribution in [2.24, 2.45) is 0 Å². The molecule has 1 aliphatic carbocycles. The first-order valence-corrected chi connectivity index (χ1v) is 10.3. The lowest BCUT2D eigenvalue weighted by Gasteiger charge is -2.11. The SMILES string of the molecule is C=CCSc1ccccc1NC(=O)CSc1nnnn1C1CCCC1. The number of nitrogens with zero attached hydrogens (tertiary/aromatic N) is 4. The maximum absolute atomic E-state index is 12.3. The minimum absolute atomic E-state index is 0.0578. The van der Waals surface area contributed by atoms with Crippen molar-refractivity contribution < 1.29 is 4.79 Å². The van der Waals surface area contributed by atoms with Gasteiger partial charge in [0.15, 0.2) is 0 Å². The number of amides is 1. The molecule has 0 saturated heterocycles. The van der Waals surface area contributed by atoms with E-state index >= 15 is 0 Å². The van der Waals surface area contributed by atoms with Crippen LogP contribution in [0.1, 0.15) is 31.7 Å². The van der Waals surface area contributed by atoms with Gasteiger partial charge in [-0.15, -0.1) is 23.4 Å². The number of benzene rings is 1. The number of rotatable bonds is 8. The highest BCUT2D eigenvalue weighted by Gasteiger charge is 2.22. The fourth-order valence-corrected chi connectivity index (χ4v) is 4.31. The van der Waals surface area contributed by atoms with E-state index in [4.69, 9.17) is 0 Å². The van der Waals surface area contributed by atoms with Gasteiger partial charge < -0.3 is 5.32 Å². The maximum Gasteiger partial charge on any atom is 0.234 e. The highest BCUT2D eigenvalue weighted by molar-refractivity contribution is 8.00. The monoisotopic (exact) mass is 375 g/mol. The van der Waals surface area contributed by atoms with Crippen LogP contribution in [0.4, 0.5) is 5.69 Å². The molecule has 6 nitrogen and oxygen atoms in total. The average molecular weight is 376 g/mol. The molecular weight excluding hydrogens is 354 g/mol. The van der Waals surface area contributed by atoms with Gasteiger partial charge in [0.25, 0.3) is 0 Å². The fourth-order valence-electron chi connectivity index (χ4n) is 2.82. The van der Waals surface area contributed by atoms with Crippen molar-refractivity contribution >= 4 is 35.1 Å². The minimum atomic E-state index is -0.0578. The second-order valence-electron chi connectivity index (χ2n) is 5.78. The van der Waals surface area contributed by atoms with E-state index < -0.39 is 0 Å². The third-order valence-electron chi connectivity index (χ3n) is 3.98. The largest absolute Gasteiger partial charge is 0.324 e. The van der Waals surface area contributed by atoms with Gasteiger partial charge in [0.1, 0.15) is 0 Å². The minimum Gasteiger partial charge on any atom is -0.324 e. The van der Waals surface area contributed by atoms with Crippen molar-refractivity contribution in [3.8, 4) is 0 Å². The summed E-state index contributed by atoms with van der Waals surface area (Å²) in [6, 6.07) is 8.16. The summed E-state index contributed by atoms with van der Waals surface area (Å²) < 4.78 is 1.87. The first-order chi connectivity index (χ1) is 12.3. The van der Waals surface area contributed by atoms with E-state index in [1.807, 2.05) is 35.0 Å². The van der Waals surface area contributed by atoms with E-state index in [0.29, 0.717) is 6.04 Å². The van der Waals surface area contributed by atoms with Gasteiger partial charge in [-0.05, 0) is 35.4 Å². The number of carbonyl (C=O) groups excluding carboxylic acids is 1. The summed E-state index contributed by atoms with van der Waals surface area (Å²) in [5.74, 6) is 1.03. The van der Waals surface area contributed by atoms with Crippen LogP contribution in [0.2, 0.25) is 0 Å². The number of hydrogen-bond acceptors (Lipinski definition) is 6. The number of carbonyl (C=O) groups is 1. The predicted molar refractivity (Wildman–Crippen MR) is 102 cm³/mol. The van der Waals surface area contributed by atoms with Crippen LogP contribution in [0.15, 0.2) is 47.0 Å². The van der Waals surface area contributed by atoms with E-state index in [-0.39, 0.29) is 11.7 Å². The number of aromatic nitrogens is 4. The molecule has 1 saturated carbocycles. The van der Waals surface area contributed by atoms with Crippen LogP contribution in [-0.2, 0) is 4.79 Å². The molecular formula is C17H21N5OS2. The Bertz CT molecular complexity index is 727. The standard InChI is InChI=1S/C17H21N5OS2/c1-2-11-24-15-10-6-5-9-14(15)18-16(23)12-25-17-19-20-21-22(17)13-7-3-4-8-13/h2,5-6,9-10,13H,1,3-4,7-8,11-12H2,(H,18,23). The smallest absolute Gasteiger partial charge is 0.234 e. The number of hydrogen-bond donors (Lipinski definition) is 1. The van der Waals surface area contributed by atoms with Crippen LogP contribution < -0.4 is 5.32 Å². The van der Waals surface area contributed by atoms with Gasteiger partial charge in [-0.25, -0.2) is 4.68 Å². The molecule has 0 radical (unpaired) electrons. The average Bonchev–Trinajstić information content (AvgIpc) is 3.30. The molecule has 0 unspecified atom stereocenters. The van der Waals surface area contributed by atoms with Crippen molar-refractivity contribution in [1.82, 2.24) is 20.2 Å². The van der Waals surface area contributed by atoms with Crippen LogP contribution in [0.25, 0.3) is 0 Å². The summed E-state index contributed by atoms with van der Waals surface area (Å²) in [5.41, 5.74) is 0.829. The Labute approximate surface area is 155 Å². The Balaban J connectivity index is 1.57. The van der Waals surface area contributed by atoms with Crippen LogP contribution in [-0.4, -0.2) is 37.6 Å². The highest BCUT2D eigenvalue weighted by atomic mass is 32.2. The molecule has 0 spiro atoms. The normalized spacial score (nSPS) is 14.6. The maximum atomic E-state index is 12.3. The Kier molecular flexibility index (Phi) is 6.52. The van der Waals surface area contributed by atoms with Gasteiger partial charge in [-0.3, -0.25) is 4.79 Å². The molecule has 0 atom stereocenters. The van der Waals surface area contributed by atoms with Gasteiger partial charge >= 0.3 is 0 Å². The molecule has 8 heteroatoms. The summed E-state index contributed by atoms with van der Waals surface area (Å²) in [7, 11) is 0. The van der Waals surface area contributed by atoms with Crippen molar-refractivity contribution in [3.05, 3.63) is 36.9 Å². The van der Waals surface area contributed by atoms with Gasteiger partial charge in [-0.1, -0.05) is 42.8 Å². The lowest BCUT2D eigenvalue weighted by molar-refractivity contribution is -0.113. The van der Waals surface area contributed by atoms with Crippen LogP contribution in [0, 0.1) is 0 Å². The first kappa shape index (κ1) is 18.0. The summed E-state index contributed by atoms with van der Waals surface area (Å²) in [6.07, 6.45) is 6.50. The topological polar surface area (TPSA) is 72.7 Å². The Morgan fingerprint density at radius 1 is 1.32 bits per heavy atom. The summed E-state index contributed by atoms with van der Waals surface area (Å²) >= 11 is 3.03. The Morgan fingerprint density at radius 2 is 2.12 bits per heavy atom. The van der Waals surface area contributed by atoms with Crippen LogP contribution >= 0.6 is 23.5 Å². The van der Waals surface area contributed by atoms with E-state index in [0.717, 1.165) is 34.3 Å². The molecule has 132 valence electrons. The van der Waals surface area contributed by atoms with Crippen molar-refractivity contribution in [1.29, 1.82) is 0 Å². The molecule has 1 N–H and O–H groups in total. The molecule has 1 aliphatic rings. The zero-order valence-electron chi connectivity index (χ0n) is 13.9. The molecule has 1 aromatic heterocycles. The molecule has 1 fully saturated rings. The van der Waals surface area contributed by atoms with E-state index in [9.17, 15) is 4.79 Å². The second-order valence-corrected chi connectivity index (χ2v) is 7.78. The third kappa shape index (κ3) is 4.85. The zero-order chi connectivity index (χ0) is 17.5. The lowest BCUT2D eigenvalue weighted by Crippen LogP contribution is -2.16. The van der Waals surface area contributed by atoms with Crippen molar-refractivity contribution in [2.75, 3.05) is 16.8 Å². The summed E-state index contributed by atoms with van der Waals surface area (Å²) in [4.78, 5) is 13.4. The third-order valence-corrected chi connectivity index (χ3v) is 5.99. The lowest BCUT2D eigenvalue weighted by atomic mass is 10.3. The summed E-state index contributed by atoms with van der Waals surface area (Å²) in [5, 5.41) is 15.6. The van der Waals surface area contributed by atoms with Crippen molar-refractivity contribution in [2.45, 2.75) is 41.8 Å². The van der Waals surface area contributed by atoms with E-state index in [1.54, 1.807) is 11.8 Å². The fraction of sp³-hybridized carbons (Fsp3) is 0.412. The van der Waals surface area contributed by atoms with Gasteiger partial charge in [0, 0.05) is 10.6 Å². The zero-order valence-corrected chi connectivity index (χ0v) is 15.6. The molecule has 3 rings (SSSR count). The Hall–Kier alpha value is -1.80. The van der Waals surface area contributed by atoms with Crippen molar-refractivity contribution in [3.63, 3.8) is 0 Å². The molecule has 2 aromatic rings. The van der Waals surface area contributed by atoms with E-state index in [2.05, 4.69) is 27.4 Å². The highest BCUT2D eigenvalue weighted by Crippen LogP contribution is 2.31. The number of tetrazole rings is 1. The number of nitrogens with one attached hydrogen (secondary N) is 1. The molecule has 0 bridgehead atoms. The Morgan fingerprint density at radius 3 is 2.92 bits per heavy atom. The number of thioether (sulfide) groups is 2. The quantitative estimate of drug-likeness (QED) is 0.559. The molecule has 25 heavy (non-hydrogen) atoms. The van der Waals surface area contributed by atoms with E-state index in [1.165, 1.54) is 24.6 Å². The van der Waals surface area contributed by atoms with Gasteiger partial charge in [-0.2, -0.15) is 0 Å².